The Bertz CT molecular complexity index is 575. The molecule has 1 aromatic carbocycles. The van der Waals surface area contributed by atoms with Crippen molar-refractivity contribution < 1.29 is 14.7 Å². The van der Waals surface area contributed by atoms with E-state index in [1.54, 1.807) is 11.9 Å². The van der Waals surface area contributed by atoms with Crippen molar-refractivity contribution in [2.24, 2.45) is 5.92 Å². The van der Waals surface area contributed by atoms with E-state index >= 15 is 0 Å². The summed E-state index contributed by atoms with van der Waals surface area (Å²) in [5, 5.41) is 10.4. The minimum Gasteiger partial charge on any atom is -0.388 e. The van der Waals surface area contributed by atoms with Gasteiger partial charge in [0.2, 0.25) is 11.8 Å². The number of aliphatic hydroxyl groups excluding tert-OH is 1. The predicted octanol–water partition coefficient (Wildman–Crippen LogP) is 1.58. The fourth-order valence-electron chi connectivity index (χ4n) is 3.70. The standard InChI is InChI=1S/C18H24N2O3/c1-19-12-14(10-17(19)22)18(23)20-9-5-8-15(20)11-16(21)13-6-3-2-4-7-13/h2-4,6-7,14-16,21H,5,8-12H2,1H3/t14-,15-,16+/m1/s1. The van der Waals surface area contributed by atoms with Crippen LogP contribution >= 0.6 is 0 Å². The SMILES string of the molecule is CN1C[C@H](C(=O)N2CCC[C@@H]2C[C@H](O)c2ccccc2)CC1=O. The molecule has 0 aromatic heterocycles. The molecule has 0 spiro atoms. The second-order valence-electron chi connectivity index (χ2n) is 6.67. The Kier molecular flexibility index (Phi) is 4.66. The van der Waals surface area contributed by atoms with Crippen molar-refractivity contribution in [1.82, 2.24) is 9.80 Å². The van der Waals surface area contributed by atoms with Crippen molar-refractivity contribution in [1.29, 1.82) is 0 Å². The fraction of sp³-hybridized carbons (Fsp3) is 0.556. The normalized spacial score (nSPS) is 25.9. The number of hydrogen-bond acceptors (Lipinski definition) is 3. The van der Waals surface area contributed by atoms with Gasteiger partial charge in [-0.1, -0.05) is 30.3 Å². The quantitative estimate of drug-likeness (QED) is 0.917. The Labute approximate surface area is 136 Å². The summed E-state index contributed by atoms with van der Waals surface area (Å²) in [6, 6.07) is 9.65. The second kappa shape index (κ2) is 6.71. The Hall–Kier alpha value is -1.88. The third-order valence-corrected chi connectivity index (χ3v) is 5.03. The van der Waals surface area contributed by atoms with Gasteiger partial charge in [0.1, 0.15) is 0 Å². The molecule has 2 saturated heterocycles. The van der Waals surface area contributed by atoms with E-state index in [0.29, 0.717) is 19.4 Å². The third-order valence-electron chi connectivity index (χ3n) is 5.03. The van der Waals surface area contributed by atoms with Gasteiger partial charge in [0, 0.05) is 32.6 Å². The first-order valence-electron chi connectivity index (χ1n) is 8.33. The molecular formula is C18H24N2O3. The lowest BCUT2D eigenvalue weighted by Gasteiger charge is -2.28. The predicted molar refractivity (Wildman–Crippen MR) is 86.5 cm³/mol. The van der Waals surface area contributed by atoms with Crippen LogP contribution in [0.4, 0.5) is 0 Å². The number of benzene rings is 1. The van der Waals surface area contributed by atoms with E-state index in [1.165, 1.54) is 0 Å². The van der Waals surface area contributed by atoms with Crippen molar-refractivity contribution in [2.75, 3.05) is 20.1 Å². The van der Waals surface area contributed by atoms with Crippen LogP contribution in [0.1, 0.15) is 37.4 Å². The van der Waals surface area contributed by atoms with Gasteiger partial charge in [-0.2, -0.15) is 0 Å². The van der Waals surface area contributed by atoms with E-state index in [0.717, 1.165) is 24.9 Å². The van der Waals surface area contributed by atoms with E-state index in [9.17, 15) is 14.7 Å². The number of rotatable bonds is 4. The molecule has 2 fully saturated rings. The Morgan fingerprint density at radius 2 is 2.09 bits per heavy atom. The lowest BCUT2D eigenvalue weighted by atomic mass is 9.99. The maximum absolute atomic E-state index is 12.7. The smallest absolute Gasteiger partial charge is 0.228 e. The van der Waals surface area contributed by atoms with E-state index in [4.69, 9.17) is 0 Å². The molecule has 1 aromatic rings. The van der Waals surface area contributed by atoms with Gasteiger partial charge < -0.3 is 14.9 Å². The molecule has 5 heteroatoms. The van der Waals surface area contributed by atoms with Crippen LogP contribution in [0.15, 0.2) is 30.3 Å². The largest absolute Gasteiger partial charge is 0.388 e. The zero-order chi connectivity index (χ0) is 16.4. The van der Waals surface area contributed by atoms with Gasteiger partial charge >= 0.3 is 0 Å². The molecule has 2 aliphatic rings. The lowest BCUT2D eigenvalue weighted by molar-refractivity contribution is -0.137. The monoisotopic (exact) mass is 316 g/mol. The van der Waals surface area contributed by atoms with Gasteiger partial charge in [-0.05, 0) is 24.8 Å². The van der Waals surface area contributed by atoms with Crippen molar-refractivity contribution in [3.8, 4) is 0 Å². The first-order chi connectivity index (χ1) is 11.1. The molecule has 124 valence electrons. The summed E-state index contributed by atoms with van der Waals surface area (Å²) < 4.78 is 0. The van der Waals surface area contributed by atoms with Gasteiger partial charge in [0.15, 0.2) is 0 Å². The molecule has 0 radical (unpaired) electrons. The first kappa shape index (κ1) is 16.0. The van der Waals surface area contributed by atoms with Gasteiger partial charge in [-0.15, -0.1) is 0 Å². The number of nitrogens with zero attached hydrogens (tertiary/aromatic N) is 2. The fourth-order valence-corrected chi connectivity index (χ4v) is 3.70. The minimum absolute atomic E-state index is 0.0448. The first-order valence-corrected chi connectivity index (χ1v) is 8.33. The van der Waals surface area contributed by atoms with Crippen LogP contribution in [0.2, 0.25) is 0 Å². The van der Waals surface area contributed by atoms with Crippen LogP contribution in [0.25, 0.3) is 0 Å². The number of likely N-dealkylation sites (tertiary alicyclic amines) is 2. The highest BCUT2D eigenvalue weighted by Gasteiger charge is 2.39. The zero-order valence-corrected chi connectivity index (χ0v) is 13.5. The van der Waals surface area contributed by atoms with E-state index in [-0.39, 0.29) is 23.8 Å². The Morgan fingerprint density at radius 1 is 1.35 bits per heavy atom. The third kappa shape index (κ3) is 3.39. The molecule has 0 saturated carbocycles. The van der Waals surface area contributed by atoms with Gasteiger partial charge in [-0.25, -0.2) is 0 Å². The highest BCUT2D eigenvalue weighted by molar-refractivity contribution is 5.89. The molecule has 1 N–H and O–H groups in total. The van der Waals surface area contributed by atoms with Crippen molar-refractivity contribution in [2.45, 2.75) is 37.8 Å². The van der Waals surface area contributed by atoms with Crippen LogP contribution in [-0.2, 0) is 9.59 Å². The molecule has 0 unspecified atom stereocenters. The number of amides is 2. The highest BCUT2D eigenvalue weighted by atomic mass is 16.3. The maximum atomic E-state index is 12.7. The summed E-state index contributed by atoms with van der Waals surface area (Å²) >= 11 is 0. The lowest BCUT2D eigenvalue weighted by Crippen LogP contribution is -2.41. The zero-order valence-electron chi connectivity index (χ0n) is 13.5. The topological polar surface area (TPSA) is 60.9 Å². The molecule has 23 heavy (non-hydrogen) atoms. The molecule has 2 amide bonds. The summed E-state index contributed by atoms with van der Waals surface area (Å²) in [6.45, 7) is 1.25. The van der Waals surface area contributed by atoms with Gasteiger partial charge in [0.05, 0.1) is 12.0 Å². The highest BCUT2D eigenvalue weighted by Crippen LogP contribution is 2.30. The summed E-state index contributed by atoms with van der Waals surface area (Å²) in [7, 11) is 1.75. The second-order valence-corrected chi connectivity index (χ2v) is 6.67. The maximum Gasteiger partial charge on any atom is 0.228 e. The van der Waals surface area contributed by atoms with Crippen LogP contribution in [-0.4, -0.2) is 52.9 Å². The van der Waals surface area contributed by atoms with Crippen molar-refractivity contribution in [3.63, 3.8) is 0 Å². The molecular weight excluding hydrogens is 292 g/mol. The Morgan fingerprint density at radius 3 is 2.74 bits per heavy atom. The van der Waals surface area contributed by atoms with Crippen LogP contribution in [0, 0.1) is 5.92 Å². The van der Waals surface area contributed by atoms with Crippen LogP contribution in [0.3, 0.4) is 0 Å². The van der Waals surface area contributed by atoms with E-state index < -0.39 is 6.10 Å². The number of carbonyl (C=O) groups excluding carboxylic acids is 2. The summed E-state index contributed by atoms with van der Waals surface area (Å²) in [5.41, 5.74) is 0.891. The van der Waals surface area contributed by atoms with Gasteiger partial charge in [0.25, 0.3) is 0 Å². The molecule has 0 bridgehead atoms. The van der Waals surface area contributed by atoms with Crippen LogP contribution in [0.5, 0.6) is 0 Å². The molecule has 2 aliphatic heterocycles. The van der Waals surface area contributed by atoms with Crippen LogP contribution < -0.4 is 0 Å². The van der Waals surface area contributed by atoms with E-state index in [1.807, 2.05) is 35.2 Å². The molecule has 0 aliphatic carbocycles. The summed E-state index contributed by atoms with van der Waals surface area (Å²) in [4.78, 5) is 27.9. The summed E-state index contributed by atoms with van der Waals surface area (Å²) in [6.07, 6.45) is 2.22. The average molecular weight is 316 g/mol. The van der Waals surface area contributed by atoms with Gasteiger partial charge in [-0.3, -0.25) is 9.59 Å². The Balaban J connectivity index is 1.64. The minimum atomic E-state index is -0.553. The average Bonchev–Trinajstić information content (AvgIpc) is 3.15. The summed E-state index contributed by atoms with van der Waals surface area (Å²) in [5.74, 6) is -0.101. The van der Waals surface area contributed by atoms with E-state index in [2.05, 4.69) is 0 Å². The molecule has 3 rings (SSSR count). The number of carbonyl (C=O) groups is 2. The van der Waals surface area contributed by atoms with Crippen molar-refractivity contribution >= 4 is 11.8 Å². The van der Waals surface area contributed by atoms with Crippen molar-refractivity contribution in [3.05, 3.63) is 35.9 Å². The molecule has 2 heterocycles. The number of aliphatic hydroxyl groups is 1. The molecule has 5 nitrogen and oxygen atoms in total. The number of hydrogen-bond donors (Lipinski definition) is 1. The molecule has 3 atom stereocenters.